The van der Waals surface area contributed by atoms with E-state index in [0.717, 1.165) is 58.3 Å². The largest absolute Gasteiger partial charge is 0.379 e. The number of halogens is 1. The second-order valence-corrected chi connectivity index (χ2v) is 5.70. The Labute approximate surface area is 172 Å². The number of aliphatic imine (C=N–C) groups is 1. The molecule has 2 N–H and O–H groups in total. The number of nitrogens with zero attached hydrogens (tertiary/aromatic N) is 2. The van der Waals surface area contributed by atoms with Crippen molar-refractivity contribution in [2.45, 2.75) is 47.0 Å². The lowest BCUT2D eigenvalue weighted by Crippen LogP contribution is -2.39. The zero-order chi connectivity index (χ0) is 17.9. The van der Waals surface area contributed by atoms with Crippen LogP contribution in [0.25, 0.3) is 0 Å². The molecule has 152 valence electrons. The summed E-state index contributed by atoms with van der Waals surface area (Å²) in [6.45, 7) is 17.2. The van der Waals surface area contributed by atoms with Crippen molar-refractivity contribution in [3.8, 4) is 0 Å². The molecular formula is C18H41IN4O2. The van der Waals surface area contributed by atoms with Gasteiger partial charge in [0.1, 0.15) is 0 Å². The van der Waals surface area contributed by atoms with E-state index < -0.39 is 0 Å². The van der Waals surface area contributed by atoms with Crippen LogP contribution in [0.4, 0.5) is 0 Å². The number of likely N-dealkylation sites (N-methyl/N-ethyl adjacent to an activating group) is 1. The van der Waals surface area contributed by atoms with E-state index in [-0.39, 0.29) is 24.0 Å². The highest BCUT2D eigenvalue weighted by atomic mass is 127. The summed E-state index contributed by atoms with van der Waals surface area (Å²) in [5, 5.41) is 6.58. The van der Waals surface area contributed by atoms with E-state index in [0.29, 0.717) is 19.8 Å². The molecule has 0 unspecified atom stereocenters. The second kappa shape index (κ2) is 21.9. The normalized spacial score (nSPS) is 11.5. The van der Waals surface area contributed by atoms with E-state index in [1.807, 2.05) is 0 Å². The van der Waals surface area contributed by atoms with Gasteiger partial charge in [0.05, 0.1) is 26.4 Å². The molecule has 0 aliphatic rings. The zero-order valence-electron chi connectivity index (χ0n) is 16.8. The number of hydrogen-bond donors (Lipinski definition) is 2. The predicted molar refractivity (Wildman–Crippen MR) is 118 cm³/mol. The van der Waals surface area contributed by atoms with E-state index in [9.17, 15) is 0 Å². The molecular weight excluding hydrogens is 431 g/mol. The summed E-state index contributed by atoms with van der Waals surface area (Å²) in [4.78, 5) is 7.05. The molecule has 0 saturated carbocycles. The van der Waals surface area contributed by atoms with Gasteiger partial charge in [0, 0.05) is 26.2 Å². The van der Waals surface area contributed by atoms with E-state index in [1.165, 1.54) is 12.8 Å². The smallest absolute Gasteiger partial charge is 0.191 e. The number of nitrogens with one attached hydrogen (secondary N) is 2. The molecule has 0 aromatic rings. The van der Waals surface area contributed by atoms with Crippen LogP contribution in [0, 0.1) is 0 Å². The van der Waals surface area contributed by atoms with Gasteiger partial charge in [-0.3, -0.25) is 4.99 Å². The SMILES string of the molecule is CCCCOCCOCCNC(=NCCN(CC)CCC)NCC.I. The van der Waals surface area contributed by atoms with E-state index in [1.54, 1.807) is 0 Å². The molecule has 0 amide bonds. The van der Waals surface area contributed by atoms with Crippen LogP contribution in [-0.2, 0) is 9.47 Å². The molecule has 0 saturated heterocycles. The van der Waals surface area contributed by atoms with Gasteiger partial charge in [0.2, 0.25) is 0 Å². The molecule has 0 rings (SSSR count). The number of hydrogen-bond acceptors (Lipinski definition) is 4. The van der Waals surface area contributed by atoms with Gasteiger partial charge in [-0.15, -0.1) is 24.0 Å². The first kappa shape index (κ1) is 27.1. The molecule has 0 aromatic carbocycles. The molecule has 7 heteroatoms. The van der Waals surface area contributed by atoms with E-state index in [2.05, 4.69) is 48.2 Å². The quantitative estimate of drug-likeness (QED) is 0.157. The summed E-state index contributed by atoms with van der Waals surface area (Å²) in [6, 6.07) is 0. The third-order valence-corrected chi connectivity index (χ3v) is 3.57. The molecule has 0 spiro atoms. The summed E-state index contributed by atoms with van der Waals surface area (Å²) in [5.74, 6) is 0.868. The Morgan fingerprint density at radius 3 is 2.20 bits per heavy atom. The Morgan fingerprint density at radius 1 is 0.880 bits per heavy atom. The lowest BCUT2D eigenvalue weighted by molar-refractivity contribution is 0.0487. The van der Waals surface area contributed by atoms with Crippen LogP contribution in [0.5, 0.6) is 0 Å². The molecule has 0 heterocycles. The highest BCUT2D eigenvalue weighted by Gasteiger charge is 2.01. The molecule has 0 fully saturated rings. The molecule has 0 bridgehead atoms. The van der Waals surface area contributed by atoms with Crippen molar-refractivity contribution in [3.05, 3.63) is 0 Å². The number of guanidine groups is 1. The summed E-state index contributed by atoms with van der Waals surface area (Å²) in [7, 11) is 0. The zero-order valence-corrected chi connectivity index (χ0v) is 19.1. The minimum atomic E-state index is 0. The molecule has 6 nitrogen and oxygen atoms in total. The Bertz CT molecular complexity index is 294. The van der Waals surface area contributed by atoms with E-state index in [4.69, 9.17) is 9.47 Å². The lowest BCUT2D eigenvalue weighted by atomic mass is 10.4. The van der Waals surface area contributed by atoms with Crippen molar-refractivity contribution < 1.29 is 9.47 Å². The summed E-state index contributed by atoms with van der Waals surface area (Å²) < 4.78 is 11.0. The number of unbranched alkanes of at least 4 members (excludes halogenated alkanes) is 1. The number of rotatable bonds is 16. The van der Waals surface area contributed by atoms with Crippen molar-refractivity contribution in [2.24, 2.45) is 4.99 Å². The molecule has 25 heavy (non-hydrogen) atoms. The van der Waals surface area contributed by atoms with Gasteiger partial charge in [-0.1, -0.05) is 27.2 Å². The third kappa shape index (κ3) is 18.5. The van der Waals surface area contributed by atoms with Crippen LogP contribution in [0.1, 0.15) is 47.0 Å². The van der Waals surface area contributed by atoms with Gasteiger partial charge >= 0.3 is 0 Å². The molecule has 0 atom stereocenters. The third-order valence-electron chi connectivity index (χ3n) is 3.57. The van der Waals surface area contributed by atoms with E-state index >= 15 is 0 Å². The van der Waals surface area contributed by atoms with Crippen LogP contribution >= 0.6 is 24.0 Å². The van der Waals surface area contributed by atoms with Crippen LogP contribution in [0.3, 0.4) is 0 Å². The Kier molecular flexibility index (Phi) is 23.8. The van der Waals surface area contributed by atoms with Gasteiger partial charge in [-0.25, -0.2) is 0 Å². The predicted octanol–water partition coefficient (Wildman–Crippen LogP) is 2.72. The van der Waals surface area contributed by atoms with Crippen molar-refractivity contribution in [2.75, 3.05) is 65.7 Å². The Hall–Kier alpha value is -0.120. The van der Waals surface area contributed by atoms with Gasteiger partial charge in [-0.05, 0) is 32.9 Å². The topological polar surface area (TPSA) is 58.1 Å². The fraction of sp³-hybridized carbons (Fsp3) is 0.944. The van der Waals surface area contributed by atoms with Crippen LogP contribution in [0.2, 0.25) is 0 Å². The maximum atomic E-state index is 5.56. The molecule has 0 aliphatic heterocycles. The molecule has 0 radical (unpaired) electrons. The first-order valence-corrected chi connectivity index (χ1v) is 9.68. The maximum Gasteiger partial charge on any atom is 0.191 e. The minimum Gasteiger partial charge on any atom is -0.379 e. The first-order chi connectivity index (χ1) is 11.8. The second-order valence-electron chi connectivity index (χ2n) is 5.70. The minimum absolute atomic E-state index is 0. The molecule has 0 aromatic heterocycles. The van der Waals surface area contributed by atoms with Gasteiger partial charge in [0.15, 0.2) is 5.96 Å². The summed E-state index contributed by atoms with van der Waals surface area (Å²) >= 11 is 0. The monoisotopic (exact) mass is 472 g/mol. The van der Waals surface area contributed by atoms with Crippen LogP contribution in [-0.4, -0.2) is 76.6 Å². The standard InChI is InChI=1S/C18H40N4O2.HI/c1-5-9-14-23-16-17-24-15-11-21-18(19-7-3)20-10-13-22(8-4)12-6-2;/h5-17H2,1-4H3,(H2,19,20,21);1H. The first-order valence-electron chi connectivity index (χ1n) is 9.68. The van der Waals surface area contributed by atoms with Crippen molar-refractivity contribution >= 4 is 29.9 Å². The highest BCUT2D eigenvalue weighted by Crippen LogP contribution is 1.91. The van der Waals surface area contributed by atoms with Crippen molar-refractivity contribution in [3.63, 3.8) is 0 Å². The number of ether oxygens (including phenoxy) is 2. The van der Waals surface area contributed by atoms with Crippen molar-refractivity contribution in [1.29, 1.82) is 0 Å². The van der Waals surface area contributed by atoms with Crippen molar-refractivity contribution in [1.82, 2.24) is 15.5 Å². The van der Waals surface area contributed by atoms with Gasteiger partial charge < -0.3 is 25.0 Å². The molecule has 0 aliphatic carbocycles. The summed E-state index contributed by atoms with van der Waals surface area (Å²) in [6.07, 6.45) is 3.49. The highest BCUT2D eigenvalue weighted by molar-refractivity contribution is 14.0. The Morgan fingerprint density at radius 2 is 1.60 bits per heavy atom. The Balaban J connectivity index is 0. The maximum absolute atomic E-state index is 5.56. The summed E-state index contributed by atoms with van der Waals surface area (Å²) in [5.41, 5.74) is 0. The average Bonchev–Trinajstić information content (AvgIpc) is 2.59. The average molecular weight is 472 g/mol. The lowest BCUT2D eigenvalue weighted by Gasteiger charge is -2.18. The van der Waals surface area contributed by atoms with Crippen LogP contribution in [0.15, 0.2) is 4.99 Å². The van der Waals surface area contributed by atoms with Gasteiger partial charge in [0.25, 0.3) is 0 Å². The van der Waals surface area contributed by atoms with Gasteiger partial charge in [-0.2, -0.15) is 0 Å². The fourth-order valence-corrected chi connectivity index (χ4v) is 2.20. The van der Waals surface area contributed by atoms with Crippen LogP contribution < -0.4 is 10.6 Å². The fourth-order valence-electron chi connectivity index (χ4n) is 2.20.